The Bertz CT molecular complexity index is 747. The van der Waals surface area contributed by atoms with E-state index < -0.39 is 10.0 Å². The van der Waals surface area contributed by atoms with Crippen molar-refractivity contribution in [2.45, 2.75) is 43.4 Å². The van der Waals surface area contributed by atoms with E-state index in [0.29, 0.717) is 23.7 Å². The zero-order valence-electron chi connectivity index (χ0n) is 16.4. The molecule has 3 aliphatic rings. The molecule has 1 aromatic rings. The molecule has 4 heterocycles. The van der Waals surface area contributed by atoms with E-state index in [2.05, 4.69) is 9.88 Å². The first kappa shape index (κ1) is 20.5. The number of sulfonamides is 1. The van der Waals surface area contributed by atoms with Crippen LogP contribution in [0.15, 0.2) is 23.2 Å². The fourth-order valence-corrected chi connectivity index (χ4v) is 6.37. The molecular formula is C20H30ClN3O3S. The van der Waals surface area contributed by atoms with Gasteiger partial charge in [-0.15, -0.1) is 0 Å². The van der Waals surface area contributed by atoms with Crippen LogP contribution >= 0.6 is 11.6 Å². The van der Waals surface area contributed by atoms with Gasteiger partial charge in [0.2, 0.25) is 10.0 Å². The number of halogens is 1. The summed E-state index contributed by atoms with van der Waals surface area (Å²) >= 11 is 5.79. The molecule has 3 fully saturated rings. The summed E-state index contributed by atoms with van der Waals surface area (Å²) in [5.74, 6) is 0.780. The summed E-state index contributed by atoms with van der Waals surface area (Å²) in [6.45, 7) is 6.52. The van der Waals surface area contributed by atoms with Crippen molar-refractivity contribution in [3.8, 4) is 0 Å². The largest absolute Gasteiger partial charge is 0.381 e. The fourth-order valence-electron chi connectivity index (χ4n) is 4.87. The number of pyridine rings is 1. The zero-order valence-corrected chi connectivity index (χ0v) is 17.9. The molecule has 4 rings (SSSR count). The van der Waals surface area contributed by atoms with Crippen molar-refractivity contribution in [2.24, 2.45) is 11.3 Å². The summed E-state index contributed by atoms with van der Waals surface area (Å²) < 4.78 is 32.8. The monoisotopic (exact) mass is 427 g/mol. The Balaban J connectivity index is 1.30. The molecule has 1 spiro atoms. The van der Waals surface area contributed by atoms with Gasteiger partial charge in [-0.05, 0) is 75.1 Å². The van der Waals surface area contributed by atoms with Crippen LogP contribution < -0.4 is 0 Å². The lowest BCUT2D eigenvalue weighted by atomic mass is 9.71. The van der Waals surface area contributed by atoms with E-state index in [1.807, 2.05) is 0 Å². The summed E-state index contributed by atoms with van der Waals surface area (Å²) in [4.78, 5) is 6.78. The van der Waals surface area contributed by atoms with Gasteiger partial charge in [-0.3, -0.25) is 0 Å². The molecule has 28 heavy (non-hydrogen) atoms. The van der Waals surface area contributed by atoms with Crippen LogP contribution in [0.25, 0.3) is 0 Å². The van der Waals surface area contributed by atoms with Crippen molar-refractivity contribution in [3.05, 3.63) is 23.5 Å². The Labute approximate surface area is 173 Å². The zero-order chi connectivity index (χ0) is 19.6. The number of likely N-dealkylation sites (tertiary alicyclic amines) is 1. The van der Waals surface area contributed by atoms with Gasteiger partial charge in [-0.1, -0.05) is 11.6 Å². The third-order valence-electron chi connectivity index (χ3n) is 6.90. The summed E-state index contributed by atoms with van der Waals surface area (Å²) in [6.07, 6.45) is 8.02. The summed E-state index contributed by atoms with van der Waals surface area (Å²) in [6, 6.07) is 3.08. The first-order valence-corrected chi connectivity index (χ1v) is 12.2. The molecular weight excluding hydrogens is 398 g/mol. The Kier molecular flexibility index (Phi) is 6.28. The predicted octanol–water partition coefficient (Wildman–Crippen LogP) is 3.03. The lowest BCUT2D eigenvalue weighted by molar-refractivity contribution is 0.0233. The Morgan fingerprint density at radius 2 is 1.71 bits per heavy atom. The average Bonchev–Trinajstić information content (AvgIpc) is 2.71. The van der Waals surface area contributed by atoms with Gasteiger partial charge >= 0.3 is 0 Å². The highest BCUT2D eigenvalue weighted by molar-refractivity contribution is 7.89. The van der Waals surface area contributed by atoms with Crippen molar-refractivity contribution in [1.82, 2.24) is 14.2 Å². The molecule has 8 heteroatoms. The molecule has 0 N–H and O–H groups in total. The Hall–Kier alpha value is -0.730. The van der Waals surface area contributed by atoms with Crippen molar-refractivity contribution < 1.29 is 13.2 Å². The number of nitrogens with zero attached hydrogens (tertiary/aromatic N) is 3. The van der Waals surface area contributed by atoms with E-state index >= 15 is 0 Å². The maximum Gasteiger partial charge on any atom is 0.244 e. The maximum absolute atomic E-state index is 12.9. The van der Waals surface area contributed by atoms with Crippen LogP contribution in [-0.2, 0) is 14.8 Å². The van der Waals surface area contributed by atoms with Gasteiger partial charge in [-0.2, -0.15) is 4.31 Å². The highest BCUT2D eigenvalue weighted by Crippen LogP contribution is 2.42. The molecule has 1 aromatic heterocycles. The van der Waals surface area contributed by atoms with E-state index in [9.17, 15) is 8.42 Å². The van der Waals surface area contributed by atoms with E-state index in [4.69, 9.17) is 16.3 Å². The maximum atomic E-state index is 12.9. The SMILES string of the molecule is O=S(=O)(c1ccc(Cl)nc1)N1CCC2(CCN(CC3CCOCC3)CC2)CC1. The van der Waals surface area contributed by atoms with Crippen molar-refractivity contribution in [1.29, 1.82) is 0 Å². The normalized spacial score (nSPS) is 25.2. The van der Waals surface area contributed by atoms with E-state index in [0.717, 1.165) is 45.1 Å². The molecule has 0 unspecified atom stereocenters. The topological polar surface area (TPSA) is 62.7 Å². The molecule has 6 nitrogen and oxygen atoms in total. The van der Waals surface area contributed by atoms with Crippen LogP contribution in [0.2, 0.25) is 5.15 Å². The van der Waals surface area contributed by atoms with Gasteiger partial charge in [0.15, 0.2) is 0 Å². The van der Waals surface area contributed by atoms with Gasteiger partial charge < -0.3 is 9.64 Å². The molecule has 0 bridgehead atoms. The Morgan fingerprint density at radius 3 is 2.32 bits per heavy atom. The minimum absolute atomic E-state index is 0.235. The summed E-state index contributed by atoms with van der Waals surface area (Å²) in [5.41, 5.74) is 0.316. The number of aromatic nitrogens is 1. The highest BCUT2D eigenvalue weighted by atomic mass is 35.5. The smallest absolute Gasteiger partial charge is 0.244 e. The predicted molar refractivity (Wildman–Crippen MR) is 109 cm³/mol. The average molecular weight is 428 g/mol. The molecule has 0 aromatic carbocycles. The van der Waals surface area contributed by atoms with Crippen molar-refractivity contribution in [2.75, 3.05) is 45.9 Å². The molecule has 0 radical (unpaired) electrons. The second-order valence-electron chi connectivity index (χ2n) is 8.58. The van der Waals surface area contributed by atoms with Crippen LogP contribution in [0, 0.1) is 11.3 Å². The third kappa shape index (κ3) is 4.54. The minimum atomic E-state index is -3.47. The molecule has 3 saturated heterocycles. The summed E-state index contributed by atoms with van der Waals surface area (Å²) in [7, 11) is -3.47. The van der Waals surface area contributed by atoms with Gasteiger partial charge in [0, 0.05) is 39.0 Å². The van der Waals surface area contributed by atoms with Gasteiger partial charge in [0.05, 0.1) is 0 Å². The van der Waals surface area contributed by atoms with Crippen LogP contribution in [0.4, 0.5) is 0 Å². The van der Waals surface area contributed by atoms with Crippen LogP contribution in [-0.4, -0.2) is 68.5 Å². The lowest BCUT2D eigenvalue weighted by Crippen LogP contribution is -2.49. The van der Waals surface area contributed by atoms with Gasteiger partial charge in [0.25, 0.3) is 0 Å². The molecule has 0 aliphatic carbocycles. The second-order valence-corrected chi connectivity index (χ2v) is 10.9. The van der Waals surface area contributed by atoms with Gasteiger partial charge in [-0.25, -0.2) is 13.4 Å². The van der Waals surface area contributed by atoms with E-state index in [1.54, 1.807) is 10.4 Å². The van der Waals surface area contributed by atoms with Gasteiger partial charge in [0.1, 0.15) is 10.0 Å². The highest BCUT2D eigenvalue weighted by Gasteiger charge is 2.40. The molecule has 0 saturated carbocycles. The van der Waals surface area contributed by atoms with E-state index in [-0.39, 0.29) is 4.90 Å². The number of piperidine rings is 2. The van der Waals surface area contributed by atoms with Crippen molar-refractivity contribution >= 4 is 21.6 Å². The molecule has 3 aliphatic heterocycles. The molecule has 0 amide bonds. The van der Waals surface area contributed by atoms with Crippen LogP contribution in [0.5, 0.6) is 0 Å². The summed E-state index contributed by atoms with van der Waals surface area (Å²) in [5, 5.41) is 0.309. The standard InChI is InChI=1S/C20H30ClN3O3S/c21-19-2-1-18(15-22-19)28(25,26)24-11-7-20(8-12-24)5-9-23(10-6-20)16-17-3-13-27-14-4-17/h1-2,15,17H,3-14,16H2. The molecule has 0 atom stereocenters. The van der Waals surface area contributed by atoms with E-state index in [1.165, 1.54) is 44.5 Å². The third-order valence-corrected chi connectivity index (χ3v) is 9.00. The first-order valence-electron chi connectivity index (χ1n) is 10.4. The number of ether oxygens (including phenoxy) is 1. The lowest BCUT2D eigenvalue weighted by Gasteiger charge is -2.47. The number of hydrogen-bond donors (Lipinski definition) is 0. The van der Waals surface area contributed by atoms with Crippen LogP contribution in [0.3, 0.4) is 0 Å². The minimum Gasteiger partial charge on any atom is -0.381 e. The quantitative estimate of drug-likeness (QED) is 0.691. The van der Waals surface area contributed by atoms with Crippen LogP contribution in [0.1, 0.15) is 38.5 Å². The number of rotatable bonds is 4. The fraction of sp³-hybridized carbons (Fsp3) is 0.750. The first-order chi connectivity index (χ1) is 13.5. The second kappa shape index (κ2) is 8.56. The molecule has 156 valence electrons. The number of hydrogen-bond acceptors (Lipinski definition) is 5. The Morgan fingerprint density at radius 1 is 1.07 bits per heavy atom. The van der Waals surface area contributed by atoms with Crippen molar-refractivity contribution in [3.63, 3.8) is 0 Å².